The van der Waals surface area contributed by atoms with Crippen molar-refractivity contribution in [2.24, 2.45) is 0 Å². The van der Waals surface area contributed by atoms with Crippen LogP contribution in [0.4, 0.5) is 5.69 Å². The zero-order valence-corrected chi connectivity index (χ0v) is 23.4. The highest BCUT2D eigenvalue weighted by Gasteiger charge is 2.27. The standard InChI is InChI=1S/C30H32N6O2S.3H2/c1-5-36(6-2)13-12-31-29(38)27-18(3)23(33-19(27)4)15-22-21-14-24(32-16-25(21)34-28(22)37)26-17-39-30(35-26)20-10-8-7-9-11-20;;;/h7-11,14-17,33H,5-6,12-13H2,1-4H3,(H,31,38)(H,34,37);3*1H/b22-15-;;;. The van der Waals surface area contributed by atoms with Gasteiger partial charge in [0.25, 0.3) is 11.8 Å². The maximum atomic E-state index is 13.0. The highest BCUT2D eigenvalue weighted by atomic mass is 32.1. The van der Waals surface area contributed by atoms with Crippen LogP contribution >= 0.6 is 11.3 Å². The van der Waals surface area contributed by atoms with E-state index in [1.165, 1.54) is 0 Å². The van der Waals surface area contributed by atoms with Gasteiger partial charge < -0.3 is 20.5 Å². The van der Waals surface area contributed by atoms with Gasteiger partial charge in [-0.05, 0) is 44.6 Å². The van der Waals surface area contributed by atoms with Crippen molar-refractivity contribution >= 4 is 40.5 Å². The smallest absolute Gasteiger partial charge is 0.256 e. The van der Waals surface area contributed by atoms with Gasteiger partial charge in [-0.2, -0.15) is 0 Å². The van der Waals surface area contributed by atoms with Gasteiger partial charge in [0.15, 0.2) is 0 Å². The Bertz CT molecular complexity index is 1560. The van der Waals surface area contributed by atoms with E-state index in [1.807, 2.05) is 61.7 Å². The number of rotatable bonds is 9. The number of hydrogen-bond donors (Lipinski definition) is 3. The second-order valence-corrected chi connectivity index (χ2v) is 10.3. The first-order valence-electron chi connectivity index (χ1n) is 13.1. The van der Waals surface area contributed by atoms with Crippen LogP contribution in [0.5, 0.6) is 0 Å². The van der Waals surface area contributed by atoms with Crippen LogP contribution in [0.25, 0.3) is 33.6 Å². The van der Waals surface area contributed by atoms with Gasteiger partial charge in [-0.3, -0.25) is 14.6 Å². The summed E-state index contributed by atoms with van der Waals surface area (Å²) < 4.78 is 0. The van der Waals surface area contributed by atoms with E-state index >= 15 is 0 Å². The van der Waals surface area contributed by atoms with Gasteiger partial charge in [0.05, 0.1) is 28.7 Å². The summed E-state index contributed by atoms with van der Waals surface area (Å²) >= 11 is 1.56. The zero-order valence-electron chi connectivity index (χ0n) is 22.6. The van der Waals surface area contributed by atoms with Crippen LogP contribution in [0, 0.1) is 13.8 Å². The summed E-state index contributed by atoms with van der Waals surface area (Å²) in [5.41, 5.74) is 7.37. The number of anilines is 1. The lowest BCUT2D eigenvalue weighted by Gasteiger charge is -2.18. The van der Waals surface area contributed by atoms with Crippen molar-refractivity contribution in [1.29, 1.82) is 0 Å². The first kappa shape index (κ1) is 26.5. The van der Waals surface area contributed by atoms with E-state index in [4.69, 9.17) is 4.98 Å². The molecule has 0 fully saturated rings. The predicted octanol–water partition coefficient (Wildman–Crippen LogP) is 6.12. The van der Waals surface area contributed by atoms with Crippen molar-refractivity contribution in [3.8, 4) is 22.0 Å². The molecule has 0 radical (unpaired) electrons. The van der Waals surface area contributed by atoms with Crippen LogP contribution in [0.3, 0.4) is 0 Å². The Hall–Kier alpha value is -4.08. The van der Waals surface area contributed by atoms with Crippen LogP contribution in [0.2, 0.25) is 0 Å². The quantitative estimate of drug-likeness (QED) is 0.220. The molecule has 9 heteroatoms. The number of hydrogen-bond acceptors (Lipinski definition) is 6. The minimum Gasteiger partial charge on any atom is -0.358 e. The van der Waals surface area contributed by atoms with Crippen molar-refractivity contribution in [3.05, 3.63) is 76.1 Å². The highest BCUT2D eigenvalue weighted by molar-refractivity contribution is 7.13. The molecule has 3 aromatic heterocycles. The Kier molecular flexibility index (Phi) is 7.72. The summed E-state index contributed by atoms with van der Waals surface area (Å²) in [6.07, 6.45) is 3.49. The number of benzene rings is 1. The molecule has 1 aromatic carbocycles. The number of likely N-dealkylation sites (N-methyl/N-ethyl adjacent to an activating group) is 1. The van der Waals surface area contributed by atoms with E-state index in [9.17, 15) is 9.59 Å². The molecule has 5 rings (SSSR count). The second-order valence-electron chi connectivity index (χ2n) is 9.48. The molecule has 0 saturated heterocycles. The normalized spacial score (nSPS) is 13.7. The lowest BCUT2D eigenvalue weighted by Crippen LogP contribution is -2.35. The van der Waals surface area contributed by atoms with Gasteiger partial charge in [0.2, 0.25) is 0 Å². The van der Waals surface area contributed by atoms with Crippen molar-refractivity contribution in [2.75, 3.05) is 31.5 Å². The van der Waals surface area contributed by atoms with Crippen LogP contribution in [-0.2, 0) is 4.79 Å². The largest absolute Gasteiger partial charge is 0.358 e. The van der Waals surface area contributed by atoms with Crippen LogP contribution in [0.15, 0.2) is 48.0 Å². The minimum absolute atomic E-state index is 0. The van der Waals surface area contributed by atoms with Crippen LogP contribution < -0.4 is 10.6 Å². The molecule has 4 heterocycles. The van der Waals surface area contributed by atoms with Crippen molar-refractivity contribution in [1.82, 2.24) is 25.2 Å². The first-order valence-corrected chi connectivity index (χ1v) is 14.0. The number of aryl methyl sites for hydroxylation is 1. The molecule has 0 unspecified atom stereocenters. The van der Waals surface area contributed by atoms with Gasteiger partial charge >= 0.3 is 0 Å². The molecule has 0 bridgehead atoms. The number of nitrogens with one attached hydrogen (secondary N) is 3. The molecule has 0 atom stereocenters. The number of nitrogens with zero attached hydrogens (tertiary/aromatic N) is 3. The summed E-state index contributed by atoms with van der Waals surface area (Å²) in [6.45, 7) is 11.3. The lowest BCUT2D eigenvalue weighted by atomic mass is 10.0. The number of aromatic amines is 1. The predicted molar refractivity (Wildman–Crippen MR) is 164 cm³/mol. The first-order chi connectivity index (χ1) is 18.9. The molecule has 0 spiro atoms. The third kappa shape index (κ3) is 5.41. The topological polar surface area (TPSA) is 103 Å². The molecule has 0 aliphatic carbocycles. The number of pyridine rings is 1. The molecular formula is C30H38N6O2S. The molecule has 8 nitrogen and oxygen atoms in total. The van der Waals surface area contributed by atoms with E-state index in [0.29, 0.717) is 29.1 Å². The zero-order chi connectivity index (χ0) is 27.5. The number of carbonyl (C=O) groups excluding carboxylic acids is 2. The summed E-state index contributed by atoms with van der Waals surface area (Å²) in [5, 5.41) is 8.84. The lowest BCUT2D eigenvalue weighted by molar-refractivity contribution is -0.110. The minimum atomic E-state index is -0.205. The van der Waals surface area contributed by atoms with Crippen molar-refractivity contribution < 1.29 is 13.9 Å². The SMILES string of the molecule is CCN(CC)CCNC(=O)c1c(C)[nH]c(/C=C2\C(=O)Nc3cnc(-c4csc(-c5ccccc5)n4)cc32)c1C.[HH].[HH].[HH]. The van der Waals surface area contributed by atoms with Crippen LogP contribution in [0.1, 0.15) is 51.0 Å². The number of carbonyl (C=O) groups is 2. The fourth-order valence-electron chi connectivity index (χ4n) is 4.84. The van der Waals surface area contributed by atoms with Gasteiger partial charge in [0, 0.05) is 45.3 Å². The Morgan fingerprint density at radius 3 is 2.67 bits per heavy atom. The molecule has 4 aromatic rings. The third-order valence-electron chi connectivity index (χ3n) is 7.07. The molecule has 3 N–H and O–H groups in total. The number of amides is 2. The molecule has 39 heavy (non-hydrogen) atoms. The summed E-state index contributed by atoms with van der Waals surface area (Å²) in [4.78, 5) is 40.9. The Balaban J connectivity index is 0.00000205. The highest BCUT2D eigenvalue weighted by Crippen LogP contribution is 2.36. The van der Waals surface area contributed by atoms with Gasteiger partial charge in [-0.25, -0.2) is 4.98 Å². The number of H-pyrrole nitrogens is 1. The molecule has 1 aliphatic rings. The van der Waals surface area contributed by atoms with Crippen molar-refractivity contribution in [2.45, 2.75) is 27.7 Å². The Morgan fingerprint density at radius 1 is 1.15 bits per heavy atom. The maximum Gasteiger partial charge on any atom is 0.256 e. The number of fused-ring (bicyclic) bond motifs is 1. The fraction of sp³-hybridized carbons (Fsp3) is 0.267. The Morgan fingerprint density at radius 2 is 1.92 bits per heavy atom. The summed E-state index contributed by atoms with van der Waals surface area (Å²) in [5.74, 6) is -0.317. The summed E-state index contributed by atoms with van der Waals surface area (Å²) in [7, 11) is 0. The van der Waals surface area contributed by atoms with E-state index in [2.05, 4.69) is 39.3 Å². The van der Waals surface area contributed by atoms with Gasteiger partial charge in [-0.15, -0.1) is 11.3 Å². The van der Waals surface area contributed by atoms with E-state index < -0.39 is 0 Å². The fourth-order valence-corrected chi connectivity index (χ4v) is 5.66. The monoisotopic (exact) mass is 546 g/mol. The number of thiazole rings is 1. The third-order valence-corrected chi connectivity index (χ3v) is 7.97. The van der Waals surface area contributed by atoms with Gasteiger partial charge in [-0.1, -0.05) is 44.2 Å². The van der Waals surface area contributed by atoms with Crippen LogP contribution in [-0.4, -0.2) is 57.8 Å². The second kappa shape index (κ2) is 11.3. The molecule has 206 valence electrons. The molecule has 1 aliphatic heterocycles. The summed E-state index contributed by atoms with van der Waals surface area (Å²) in [6, 6.07) is 11.9. The Labute approximate surface area is 236 Å². The van der Waals surface area contributed by atoms with E-state index in [-0.39, 0.29) is 16.1 Å². The average molecular weight is 547 g/mol. The molecular weight excluding hydrogens is 508 g/mol. The van der Waals surface area contributed by atoms with Gasteiger partial charge in [0.1, 0.15) is 10.7 Å². The molecule has 2 amide bonds. The molecule has 0 saturated carbocycles. The maximum absolute atomic E-state index is 13.0. The average Bonchev–Trinajstić information content (AvgIpc) is 3.63. The number of aromatic nitrogens is 3. The van der Waals surface area contributed by atoms with E-state index in [1.54, 1.807) is 17.5 Å². The van der Waals surface area contributed by atoms with Crippen molar-refractivity contribution in [3.63, 3.8) is 0 Å². The van der Waals surface area contributed by atoms with E-state index in [0.717, 1.165) is 58.4 Å².